The zero-order chi connectivity index (χ0) is 14.5. The fraction of sp³-hybridized carbons (Fsp3) is 0.933. The van der Waals surface area contributed by atoms with Crippen molar-refractivity contribution >= 4 is 6.09 Å². The topological polar surface area (TPSA) is 42.0 Å². The van der Waals surface area contributed by atoms with E-state index in [2.05, 4.69) is 11.9 Å². The molecule has 0 aromatic rings. The third-order valence-electron chi connectivity index (χ3n) is 4.70. The van der Waals surface area contributed by atoms with Gasteiger partial charge in [-0.05, 0) is 40.7 Å². The fourth-order valence-corrected chi connectivity index (χ4v) is 4.04. The molecule has 3 rings (SSSR count). The van der Waals surface area contributed by atoms with Crippen LogP contribution in [0.15, 0.2) is 0 Å². The van der Waals surface area contributed by atoms with E-state index in [1.807, 2.05) is 25.7 Å². The number of fused-ring (bicyclic) bond motifs is 3. The minimum Gasteiger partial charge on any atom is -0.444 e. The summed E-state index contributed by atoms with van der Waals surface area (Å²) in [6.07, 6.45) is 2.91. The summed E-state index contributed by atoms with van der Waals surface area (Å²) in [6.45, 7) is 8.43. The van der Waals surface area contributed by atoms with Crippen LogP contribution >= 0.6 is 0 Å². The number of hydrogen-bond donors (Lipinski definition) is 0. The van der Waals surface area contributed by atoms with Crippen molar-refractivity contribution < 1.29 is 14.3 Å². The molecule has 0 aromatic carbocycles. The second-order valence-corrected chi connectivity index (χ2v) is 7.49. The summed E-state index contributed by atoms with van der Waals surface area (Å²) in [4.78, 5) is 16.7. The molecule has 0 aliphatic carbocycles. The average molecular weight is 282 g/mol. The van der Waals surface area contributed by atoms with Gasteiger partial charge in [0.15, 0.2) is 0 Å². The van der Waals surface area contributed by atoms with Crippen LogP contribution in [-0.4, -0.2) is 65.9 Å². The highest BCUT2D eigenvalue weighted by Crippen LogP contribution is 2.48. The van der Waals surface area contributed by atoms with Crippen molar-refractivity contribution in [1.82, 2.24) is 9.80 Å². The molecular weight excluding hydrogens is 256 g/mol. The Morgan fingerprint density at radius 1 is 1.35 bits per heavy atom. The lowest BCUT2D eigenvalue weighted by molar-refractivity contribution is -0.121. The van der Waals surface area contributed by atoms with E-state index < -0.39 is 5.60 Å². The Hall–Kier alpha value is -0.810. The van der Waals surface area contributed by atoms with E-state index in [-0.39, 0.29) is 17.7 Å². The molecule has 2 bridgehead atoms. The molecular formula is C15H26N2O3. The van der Waals surface area contributed by atoms with E-state index in [9.17, 15) is 4.79 Å². The molecule has 114 valence electrons. The number of likely N-dealkylation sites (N-methyl/N-ethyl adjacent to an activating group) is 1. The quantitative estimate of drug-likeness (QED) is 0.680. The van der Waals surface area contributed by atoms with Crippen LogP contribution in [0.2, 0.25) is 0 Å². The zero-order valence-corrected chi connectivity index (χ0v) is 13.0. The molecule has 0 aromatic heterocycles. The van der Waals surface area contributed by atoms with Gasteiger partial charge in [-0.25, -0.2) is 4.79 Å². The Kier molecular flexibility index (Phi) is 3.25. The summed E-state index contributed by atoms with van der Waals surface area (Å²) < 4.78 is 11.7. The first-order chi connectivity index (χ1) is 9.31. The van der Waals surface area contributed by atoms with Gasteiger partial charge in [0.05, 0.1) is 12.6 Å². The van der Waals surface area contributed by atoms with Crippen LogP contribution in [0.3, 0.4) is 0 Å². The zero-order valence-electron chi connectivity index (χ0n) is 13.0. The molecule has 0 saturated carbocycles. The highest BCUT2D eigenvalue weighted by atomic mass is 16.6. The molecule has 3 aliphatic rings. The van der Waals surface area contributed by atoms with Crippen molar-refractivity contribution in [3.05, 3.63) is 0 Å². The van der Waals surface area contributed by atoms with Gasteiger partial charge in [0.2, 0.25) is 0 Å². The normalized spacial score (nSPS) is 37.7. The van der Waals surface area contributed by atoms with E-state index in [1.165, 1.54) is 0 Å². The molecule has 3 heterocycles. The van der Waals surface area contributed by atoms with E-state index in [0.29, 0.717) is 6.04 Å². The number of nitrogens with zero attached hydrogens (tertiary/aromatic N) is 2. The molecule has 20 heavy (non-hydrogen) atoms. The lowest BCUT2D eigenvalue weighted by atomic mass is 9.83. The van der Waals surface area contributed by atoms with Crippen LogP contribution in [0.25, 0.3) is 0 Å². The molecule has 3 aliphatic heterocycles. The Labute approximate surface area is 121 Å². The summed E-state index contributed by atoms with van der Waals surface area (Å²) in [6, 6.07) is 0.478. The van der Waals surface area contributed by atoms with Crippen LogP contribution < -0.4 is 0 Å². The predicted octanol–water partition coefficient (Wildman–Crippen LogP) is 1.86. The summed E-state index contributed by atoms with van der Waals surface area (Å²) >= 11 is 0. The third-order valence-corrected chi connectivity index (χ3v) is 4.70. The maximum absolute atomic E-state index is 12.5. The van der Waals surface area contributed by atoms with Gasteiger partial charge >= 0.3 is 6.09 Å². The summed E-state index contributed by atoms with van der Waals surface area (Å²) in [5.74, 6) is 0. The van der Waals surface area contributed by atoms with Crippen molar-refractivity contribution in [2.24, 2.45) is 0 Å². The number of carbonyl (C=O) groups is 1. The van der Waals surface area contributed by atoms with Gasteiger partial charge in [0.25, 0.3) is 0 Å². The minimum atomic E-state index is -0.434. The lowest BCUT2D eigenvalue weighted by Gasteiger charge is -2.43. The molecule has 1 amide bonds. The predicted molar refractivity (Wildman–Crippen MR) is 75.7 cm³/mol. The third kappa shape index (κ3) is 2.31. The minimum absolute atomic E-state index is 0.160. The smallest absolute Gasteiger partial charge is 0.410 e. The van der Waals surface area contributed by atoms with Gasteiger partial charge in [-0.3, -0.25) is 4.90 Å². The molecule has 0 radical (unpaired) electrons. The van der Waals surface area contributed by atoms with Gasteiger partial charge in [-0.2, -0.15) is 0 Å². The Morgan fingerprint density at radius 2 is 2.10 bits per heavy atom. The van der Waals surface area contributed by atoms with Crippen LogP contribution in [0.5, 0.6) is 0 Å². The molecule has 5 nitrogen and oxygen atoms in total. The molecule has 3 fully saturated rings. The second-order valence-electron chi connectivity index (χ2n) is 7.49. The van der Waals surface area contributed by atoms with Crippen molar-refractivity contribution in [3.63, 3.8) is 0 Å². The number of amides is 1. The van der Waals surface area contributed by atoms with Crippen molar-refractivity contribution in [2.75, 3.05) is 26.7 Å². The molecule has 1 spiro atoms. The van der Waals surface area contributed by atoms with E-state index in [0.717, 1.165) is 39.0 Å². The van der Waals surface area contributed by atoms with Gasteiger partial charge in [0.1, 0.15) is 11.2 Å². The van der Waals surface area contributed by atoms with Gasteiger partial charge in [-0.15, -0.1) is 0 Å². The standard InChI is InChI=1S/C15H26N2O3/c1-14(2,3)20-13(18)17-11-5-6-12(17)15(9-11)10-16(4)7-8-19-15/h11-12H,5-10H2,1-4H3/t11?,12?,15-/m0/s1. The highest BCUT2D eigenvalue weighted by molar-refractivity contribution is 5.70. The van der Waals surface area contributed by atoms with Crippen LogP contribution in [0.4, 0.5) is 4.79 Å². The largest absolute Gasteiger partial charge is 0.444 e. The van der Waals surface area contributed by atoms with Crippen LogP contribution in [0.1, 0.15) is 40.0 Å². The number of ether oxygens (including phenoxy) is 2. The van der Waals surface area contributed by atoms with Crippen molar-refractivity contribution in [1.29, 1.82) is 0 Å². The van der Waals surface area contributed by atoms with Gasteiger partial charge in [0, 0.05) is 25.6 Å². The Balaban J connectivity index is 1.77. The second kappa shape index (κ2) is 4.60. The molecule has 3 atom stereocenters. The molecule has 2 unspecified atom stereocenters. The first kappa shape index (κ1) is 14.1. The first-order valence-electron chi connectivity index (χ1n) is 7.65. The van der Waals surface area contributed by atoms with E-state index >= 15 is 0 Å². The highest BCUT2D eigenvalue weighted by Gasteiger charge is 2.60. The van der Waals surface area contributed by atoms with Crippen molar-refractivity contribution in [3.8, 4) is 0 Å². The summed E-state index contributed by atoms with van der Waals surface area (Å²) in [5, 5.41) is 0. The average Bonchev–Trinajstić information content (AvgIpc) is 2.81. The lowest BCUT2D eigenvalue weighted by Crippen LogP contribution is -2.57. The molecule has 3 saturated heterocycles. The van der Waals surface area contributed by atoms with Crippen LogP contribution in [-0.2, 0) is 9.47 Å². The van der Waals surface area contributed by atoms with E-state index in [4.69, 9.17) is 9.47 Å². The Bertz CT molecular complexity index is 406. The molecule has 0 N–H and O–H groups in total. The SMILES string of the molecule is CN1CCO[C@@]2(CC3CCC2N3C(=O)OC(C)(C)C)C1. The number of morpholine rings is 1. The Morgan fingerprint density at radius 3 is 2.75 bits per heavy atom. The summed E-state index contributed by atoms with van der Waals surface area (Å²) in [5.41, 5.74) is -0.594. The van der Waals surface area contributed by atoms with Gasteiger partial charge < -0.3 is 14.4 Å². The fourth-order valence-electron chi connectivity index (χ4n) is 4.04. The van der Waals surface area contributed by atoms with Crippen molar-refractivity contribution in [2.45, 2.75) is 63.3 Å². The maximum atomic E-state index is 12.5. The molecule has 5 heteroatoms. The maximum Gasteiger partial charge on any atom is 0.410 e. The number of carbonyl (C=O) groups excluding carboxylic acids is 1. The van der Waals surface area contributed by atoms with E-state index in [1.54, 1.807) is 0 Å². The number of hydrogen-bond acceptors (Lipinski definition) is 4. The first-order valence-corrected chi connectivity index (χ1v) is 7.65. The summed E-state index contributed by atoms with van der Waals surface area (Å²) in [7, 11) is 2.13. The van der Waals surface area contributed by atoms with Gasteiger partial charge in [-0.1, -0.05) is 0 Å². The monoisotopic (exact) mass is 282 g/mol. The number of rotatable bonds is 0. The van der Waals surface area contributed by atoms with Crippen LogP contribution in [0, 0.1) is 0 Å².